The summed E-state index contributed by atoms with van der Waals surface area (Å²) in [6.07, 6.45) is 2.59. The maximum atomic E-state index is 5.26. The lowest BCUT2D eigenvalue weighted by Gasteiger charge is -2.23. The van der Waals surface area contributed by atoms with Crippen molar-refractivity contribution in [2.45, 2.75) is 12.5 Å². The van der Waals surface area contributed by atoms with Crippen LogP contribution in [-0.4, -0.2) is 49.4 Å². The third kappa shape index (κ3) is 4.82. The van der Waals surface area contributed by atoms with Gasteiger partial charge in [0, 0.05) is 46.7 Å². The fourth-order valence-electron chi connectivity index (χ4n) is 1.11. The van der Waals surface area contributed by atoms with Gasteiger partial charge in [0.15, 0.2) is 0 Å². The van der Waals surface area contributed by atoms with Crippen LogP contribution in [0.3, 0.4) is 0 Å². The largest absolute Gasteiger partial charge is 0.500 e. The Balaban J connectivity index is 3.76. The summed E-state index contributed by atoms with van der Waals surface area (Å²) in [5.74, 6) is 0. The molecule has 0 spiro atoms. The Morgan fingerprint density at radius 1 is 1.21 bits per heavy atom. The van der Waals surface area contributed by atoms with Crippen molar-refractivity contribution >= 4 is 15.0 Å². The molecular formula is C8H20N2O3Si. The van der Waals surface area contributed by atoms with Crippen molar-refractivity contribution in [3.05, 3.63) is 0 Å². The second-order valence-electron chi connectivity index (χ2n) is 2.72. The molecule has 0 atom stereocenters. The van der Waals surface area contributed by atoms with Gasteiger partial charge in [0.1, 0.15) is 0 Å². The Labute approximate surface area is 86.6 Å². The Kier molecular flexibility index (Phi) is 7.91. The first-order chi connectivity index (χ1) is 6.74. The quantitative estimate of drug-likeness (QED) is 0.362. The highest BCUT2D eigenvalue weighted by Gasteiger charge is 2.36. The van der Waals surface area contributed by atoms with Crippen LogP contribution in [0.25, 0.3) is 0 Å². The molecular weight excluding hydrogens is 200 g/mol. The molecule has 0 fully saturated rings. The van der Waals surface area contributed by atoms with Crippen molar-refractivity contribution in [2.75, 3.05) is 34.4 Å². The number of hydrogen-bond acceptors (Lipinski definition) is 5. The van der Waals surface area contributed by atoms with Crippen molar-refractivity contribution in [3.8, 4) is 0 Å². The number of rotatable bonds is 8. The Morgan fingerprint density at radius 3 is 2.21 bits per heavy atom. The van der Waals surface area contributed by atoms with Crippen LogP contribution in [0.5, 0.6) is 0 Å². The first kappa shape index (κ1) is 13.7. The van der Waals surface area contributed by atoms with Crippen molar-refractivity contribution in [2.24, 2.45) is 10.7 Å². The summed E-state index contributed by atoms with van der Waals surface area (Å²) >= 11 is 0. The zero-order valence-corrected chi connectivity index (χ0v) is 10.2. The predicted molar refractivity (Wildman–Crippen MR) is 58.6 cm³/mol. The number of nitrogens with zero attached hydrogens (tertiary/aromatic N) is 1. The molecule has 0 rings (SSSR count). The average Bonchev–Trinajstić information content (AvgIpc) is 2.24. The third-order valence-electron chi connectivity index (χ3n) is 1.94. The van der Waals surface area contributed by atoms with Gasteiger partial charge in [-0.25, -0.2) is 0 Å². The van der Waals surface area contributed by atoms with E-state index < -0.39 is 8.80 Å². The van der Waals surface area contributed by atoms with Crippen LogP contribution in [0, 0.1) is 0 Å². The van der Waals surface area contributed by atoms with Crippen LogP contribution in [-0.2, 0) is 13.3 Å². The zero-order valence-electron chi connectivity index (χ0n) is 9.16. The molecule has 6 heteroatoms. The molecule has 0 unspecified atom stereocenters. The molecule has 0 aliphatic carbocycles. The Morgan fingerprint density at radius 2 is 1.79 bits per heavy atom. The van der Waals surface area contributed by atoms with Gasteiger partial charge in [0.05, 0.1) is 0 Å². The fourth-order valence-corrected chi connectivity index (χ4v) is 2.81. The van der Waals surface area contributed by atoms with Crippen LogP contribution < -0.4 is 5.73 Å². The van der Waals surface area contributed by atoms with E-state index in [1.54, 1.807) is 27.5 Å². The molecule has 0 aromatic carbocycles. The van der Waals surface area contributed by atoms with E-state index in [-0.39, 0.29) is 0 Å². The van der Waals surface area contributed by atoms with Gasteiger partial charge in [-0.1, -0.05) is 0 Å². The van der Waals surface area contributed by atoms with E-state index in [2.05, 4.69) is 4.99 Å². The van der Waals surface area contributed by atoms with E-state index in [1.165, 1.54) is 0 Å². The first-order valence-electron chi connectivity index (χ1n) is 4.58. The van der Waals surface area contributed by atoms with Crippen molar-refractivity contribution < 1.29 is 13.3 Å². The summed E-state index contributed by atoms with van der Waals surface area (Å²) in [7, 11) is 2.46. The fraction of sp³-hybridized carbons (Fsp3) is 0.875. The summed E-state index contributed by atoms with van der Waals surface area (Å²) in [6, 6.07) is 0.776. The summed E-state index contributed by atoms with van der Waals surface area (Å²) in [5, 5.41) is 0. The molecule has 0 aromatic rings. The average molecular weight is 220 g/mol. The van der Waals surface area contributed by atoms with Gasteiger partial charge in [0.25, 0.3) is 0 Å². The topological polar surface area (TPSA) is 66.1 Å². The standard InChI is InChI=1S/C8H20N2O3Si/c1-11-14(12-2,13-3)8-4-6-10-7-5-9/h7H,4-6,8-9H2,1-3H3. The summed E-state index contributed by atoms with van der Waals surface area (Å²) < 4.78 is 15.8. The van der Waals surface area contributed by atoms with Crippen molar-refractivity contribution in [1.82, 2.24) is 0 Å². The minimum absolute atomic E-state index is 0.488. The minimum Gasteiger partial charge on any atom is -0.377 e. The normalized spacial score (nSPS) is 12.6. The van der Waals surface area contributed by atoms with E-state index in [4.69, 9.17) is 19.0 Å². The molecule has 0 aliphatic heterocycles. The molecule has 84 valence electrons. The van der Waals surface area contributed by atoms with Gasteiger partial charge in [0.2, 0.25) is 0 Å². The summed E-state index contributed by atoms with van der Waals surface area (Å²) in [6.45, 7) is 1.23. The summed E-state index contributed by atoms with van der Waals surface area (Å²) in [4.78, 5) is 4.10. The van der Waals surface area contributed by atoms with Crippen LogP contribution >= 0.6 is 0 Å². The molecule has 0 saturated heterocycles. The SMILES string of the molecule is CO[Si](CCCN=CCN)(OC)OC. The van der Waals surface area contributed by atoms with E-state index in [0.717, 1.165) is 19.0 Å². The second kappa shape index (κ2) is 8.07. The van der Waals surface area contributed by atoms with Crippen LogP contribution in [0.2, 0.25) is 6.04 Å². The third-order valence-corrected chi connectivity index (χ3v) is 4.77. The van der Waals surface area contributed by atoms with Crippen LogP contribution in [0.4, 0.5) is 0 Å². The van der Waals surface area contributed by atoms with Crippen LogP contribution in [0.1, 0.15) is 6.42 Å². The molecule has 0 bridgehead atoms. The molecule has 0 aliphatic rings. The predicted octanol–water partition coefficient (Wildman–Crippen LogP) is 0.284. The van der Waals surface area contributed by atoms with E-state index in [1.807, 2.05) is 0 Å². The Bertz CT molecular complexity index is 154. The van der Waals surface area contributed by atoms with Gasteiger partial charge in [-0.15, -0.1) is 0 Å². The van der Waals surface area contributed by atoms with Gasteiger partial charge >= 0.3 is 8.80 Å². The van der Waals surface area contributed by atoms with Gasteiger partial charge < -0.3 is 19.0 Å². The molecule has 0 saturated carbocycles. The number of hydrogen-bond donors (Lipinski definition) is 1. The van der Waals surface area contributed by atoms with Crippen molar-refractivity contribution in [1.29, 1.82) is 0 Å². The second-order valence-corrected chi connectivity index (χ2v) is 5.81. The zero-order chi connectivity index (χ0) is 10.9. The molecule has 14 heavy (non-hydrogen) atoms. The maximum Gasteiger partial charge on any atom is 0.500 e. The maximum absolute atomic E-state index is 5.26. The molecule has 0 aromatic heterocycles. The van der Waals surface area contributed by atoms with E-state index in [9.17, 15) is 0 Å². The smallest absolute Gasteiger partial charge is 0.377 e. The van der Waals surface area contributed by atoms with Crippen LogP contribution in [0.15, 0.2) is 4.99 Å². The molecule has 0 amide bonds. The molecule has 2 N–H and O–H groups in total. The highest BCUT2D eigenvalue weighted by atomic mass is 28.4. The molecule has 0 radical (unpaired) electrons. The lowest BCUT2D eigenvalue weighted by atomic mass is 10.5. The first-order valence-corrected chi connectivity index (χ1v) is 6.51. The van der Waals surface area contributed by atoms with Gasteiger partial charge in [-0.2, -0.15) is 0 Å². The summed E-state index contributed by atoms with van der Waals surface area (Å²) in [5.41, 5.74) is 5.26. The van der Waals surface area contributed by atoms with E-state index in [0.29, 0.717) is 6.54 Å². The molecule has 0 heterocycles. The number of aliphatic imine (C=N–C) groups is 1. The highest BCUT2D eigenvalue weighted by Crippen LogP contribution is 2.14. The highest BCUT2D eigenvalue weighted by molar-refractivity contribution is 6.60. The van der Waals surface area contributed by atoms with Gasteiger partial charge in [-0.05, 0) is 6.42 Å². The van der Waals surface area contributed by atoms with E-state index >= 15 is 0 Å². The lowest BCUT2D eigenvalue weighted by molar-refractivity contribution is 0.123. The number of nitrogens with two attached hydrogens (primary N) is 1. The molecule has 5 nitrogen and oxygen atoms in total. The van der Waals surface area contributed by atoms with Gasteiger partial charge in [-0.3, -0.25) is 4.99 Å². The monoisotopic (exact) mass is 220 g/mol. The minimum atomic E-state index is -2.38. The Hall–Kier alpha value is -0.273. The van der Waals surface area contributed by atoms with Crippen molar-refractivity contribution in [3.63, 3.8) is 0 Å². The lowest BCUT2D eigenvalue weighted by Crippen LogP contribution is -2.42.